The second-order valence-electron chi connectivity index (χ2n) is 5.47. The fourth-order valence-corrected chi connectivity index (χ4v) is 3.45. The van der Waals surface area contributed by atoms with E-state index in [4.69, 9.17) is 4.74 Å². The van der Waals surface area contributed by atoms with E-state index in [9.17, 15) is 0 Å². The van der Waals surface area contributed by atoms with Crippen LogP contribution in [-0.2, 0) is 11.3 Å². The van der Waals surface area contributed by atoms with Crippen molar-refractivity contribution in [1.82, 2.24) is 0 Å². The third-order valence-electron chi connectivity index (χ3n) is 4.59. The molecule has 1 nitrogen and oxygen atoms in total. The highest BCUT2D eigenvalue weighted by atomic mass is 16.5. The summed E-state index contributed by atoms with van der Waals surface area (Å²) < 4.78 is 5.93. The first-order chi connectivity index (χ1) is 7.89. The lowest BCUT2D eigenvalue weighted by Gasteiger charge is -2.45. The topological polar surface area (TPSA) is 9.23 Å². The molecule has 2 unspecified atom stereocenters. The van der Waals surface area contributed by atoms with Crippen molar-refractivity contribution in [2.75, 3.05) is 6.61 Å². The molecule has 0 spiro atoms. The molecule has 0 bridgehead atoms. The summed E-state index contributed by atoms with van der Waals surface area (Å²) in [5, 5.41) is 0. The number of rotatable bonds is 4. The molecule has 2 aliphatic carbocycles. The highest BCUT2D eigenvalue weighted by Gasteiger charge is 2.49. The largest absolute Gasteiger partial charge is 0.376 e. The number of benzene rings is 1. The average molecular weight is 216 g/mol. The molecule has 0 amide bonds. The van der Waals surface area contributed by atoms with Crippen LogP contribution in [0.15, 0.2) is 30.3 Å². The smallest absolute Gasteiger partial charge is 0.0717 e. The van der Waals surface area contributed by atoms with Crippen molar-refractivity contribution in [3.63, 3.8) is 0 Å². The zero-order chi connectivity index (χ0) is 10.8. The molecule has 0 aromatic heterocycles. The van der Waals surface area contributed by atoms with E-state index in [0.29, 0.717) is 5.41 Å². The van der Waals surface area contributed by atoms with Gasteiger partial charge in [0.25, 0.3) is 0 Å². The van der Waals surface area contributed by atoms with E-state index in [2.05, 4.69) is 30.3 Å². The van der Waals surface area contributed by atoms with Gasteiger partial charge in [-0.25, -0.2) is 0 Å². The van der Waals surface area contributed by atoms with Crippen molar-refractivity contribution in [2.45, 2.75) is 38.7 Å². The molecule has 2 atom stereocenters. The lowest BCUT2D eigenvalue weighted by Crippen LogP contribution is -2.39. The van der Waals surface area contributed by atoms with Crippen molar-refractivity contribution in [2.24, 2.45) is 11.3 Å². The highest BCUT2D eigenvalue weighted by Crippen LogP contribution is 2.57. The Kier molecular flexibility index (Phi) is 2.72. The van der Waals surface area contributed by atoms with Crippen LogP contribution in [-0.4, -0.2) is 6.61 Å². The van der Waals surface area contributed by atoms with Gasteiger partial charge in [0, 0.05) is 0 Å². The minimum absolute atomic E-state index is 0.592. The summed E-state index contributed by atoms with van der Waals surface area (Å²) in [6, 6.07) is 10.5. The Bertz CT molecular complexity index is 346. The molecule has 3 rings (SSSR count). The number of hydrogen-bond acceptors (Lipinski definition) is 1. The molecule has 0 heterocycles. The van der Waals surface area contributed by atoms with E-state index in [1.165, 1.54) is 37.7 Å². The standard InChI is InChI=1S/C15H20O/c1-2-5-13(6-3-1)11-16-12-15-9-4-7-14(15)8-10-15/h1-3,5-6,14H,4,7-12H2. The molecule has 2 saturated carbocycles. The van der Waals surface area contributed by atoms with Crippen molar-refractivity contribution in [1.29, 1.82) is 0 Å². The summed E-state index contributed by atoms with van der Waals surface area (Å²) in [5.74, 6) is 0.989. The third-order valence-corrected chi connectivity index (χ3v) is 4.59. The molecule has 16 heavy (non-hydrogen) atoms. The first kappa shape index (κ1) is 10.3. The predicted octanol–water partition coefficient (Wildman–Crippen LogP) is 3.78. The Morgan fingerprint density at radius 3 is 2.69 bits per heavy atom. The normalized spacial score (nSPS) is 32.1. The minimum Gasteiger partial charge on any atom is -0.376 e. The molecule has 0 aliphatic heterocycles. The van der Waals surface area contributed by atoms with Crippen LogP contribution in [0.25, 0.3) is 0 Å². The monoisotopic (exact) mass is 216 g/mol. The maximum Gasteiger partial charge on any atom is 0.0717 e. The molecule has 1 heteroatoms. The van der Waals surface area contributed by atoms with Crippen molar-refractivity contribution in [3.05, 3.63) is 35.9 Å². The van der Waals surface area contributed by atoms with Gasteiger partial charge in [0.1, 0.15) is 0 Å². The molecular formula is C15H20O. The zero-order valence-electron chi connectivity index (χ0n) is 9.82. The number of hydrogen-bond donors (Lipinski definition) is 0. The van der Waals surface area contributed by atoms with Gasteiger partial charge in [-0.05, 0) is 42.6 Å². The lowest BCUT2D eigenvalue weighted by atomic mass is 9.62. The maximum atomic E-state index is 5.93. The minimum atomic E-state index is 0.592. The van der Waals surface area contributed by atoms with E-state index < -0.39 is 0 Å². The van der Waals surface area contributed by atoms with Crippen LogP contribution in [0.5, 0.6) is 0 Å². The quantitative estimate of drug-likeness (QED) is 0.744. The van der Waals surface area contributed by atoms with E-state index in [-0.39, 0.29) is 0 Å². The van der Waals surface area contributed by atoms with Crippen LogP contribution in [0.2, 0.25) is 0 Å². The highest BCUT2D eigenvalue weighted by molar-refractivity contribution is 5.13. The Morgan fingerprint density at radius 2 is 2.00 bits per heavy atom. The fraction of sp³-hybridized carbons (Fsp3) is 0.600. The summed E-state index contributed by atoms with van der Waals surface area (Å²) in [5.41, 5.74) is 1.89. The summed E-state index contributed by atoms with van der Waals surface area (Å²) >= 11 is 0. The van der Waals surface area contributed by atoms with Gasteiger partial charge in [-0.2, -0.15) is 0 Å². The third kappa shape index (κ3) is 1.78. The fourth-order valence-electron chi connectivity index (χ4n) is 3.45. The van der Waals surface area contributed by atoms with Gasteiger partial charge in [0.15, 0.2) is 0 Å². The van der Waals surface area contributed by atoms with E-state index in [1.807, 2.05) is 0 Å². The summed E-state index contributed by atoms with van der Waals surface area (Å²) in [6.07, 6.45) is 7.15. The molecule has 1 aromatic rings. The molecule has 0 saturated heterocycles. The first-order valence-electron chi connectivity index (χ1n) is 6.51. The van der Waals surface area contributed by atoms with Gasteiger partial charge in [-0.1, -0.05) is 36.8 Å². The molecule has 0 radical (unpaired) electrons. The Balaban J connectivity index is 1.50. The predicted molar refractivity (Wildman–Crippen MR) is 65.1 cm³/mol. The summed E-state index contributed by atoms with van der Waals surface area (Å²) in [7, 11) is 0. The van der Waals surface area contributed by atoms with Crippen LogP contribution < -0.4 is 0 Å². The number of ether oxygens (including phenoxy) is 1. The lowest BCUT2D eigenvalue weighted by molar-refractivity contribution is -0.0443. The van der Waals surface area contributed by atoms with Crippen LogP contribution in [0.1, 0.15) is 37.7 Å². The van der Waals surface area contributed by atoms with E-state index in [0.717, 1.165) is 19.1 Å². The molecule has 2 aliphatic rings. The van der Waals surface area contributed by atoms with Crippen molar-refractivity contribution < 1.29 is 4.74 Å². The second kappa shape index (κ2) is 4.21. The summed E-state index contributed by atoms with van der Waals surface area (Å²) in [4.78, 5) is 0. The van der Waals surface area contributed by atoms with Crippen molar-refractivity contribution >= 4 is 0 Å². The van der Waals surface area contributed by atoms with Crippen LogP contribution >= 0.6 is 0 Å². The van der Waals surface area contributed by atoms with E-state index in [1.54, 1.807) is 0 Å². The van der Waals surface area contributed by atoms with Gasteiger partial charge >= 0.3 is 0 Å². The Labute approximate surface area is 97.8 Å². The van der Waals surface area contributed by atoms with Crippen LogP contribution in [0, 0.1) is 11.3 Å². The van der Waals surface area contributed by atoms with Gasteiger partial charge in [0.05, 0.1) is 13.2 Å². The van der Waals surface area contributed by atoms with Crippen LogP contribution in [0.3, 0.4) is 0 Å². The van der Waals surface area contributed by atoms with Gasteiger partial charge in [-0.3, -0.25) is 0 Å². The first-order valence-corrected chi connectivity index (χ1v) is 6.51. The van der Waals surface area contributed by atoms with Gasteiger partial charge in [0.2, 0.25) is 0 Å². The SMILES string of the molecule is c1ccc(COCC23CCCC2CC3)cc1. The molecule has 2 fully saturated rings. The average Bonchev–Trinajstić information content (AvgIpc) is 2.58. The van der Waals surface area contributed by atoms with Gasteiger partial charge < -0.3 is 4.74 Å². The molecule has 1 aromatic carbocycles. The second-order valence-corrected chi connectivity index (χ2v) is 5.47. The Hall–Kier alpha value is -0.820. The van der Waals surface area contributed by atoms with Gasteiger partial charge in [-0.15, -0.1) is 0 Å². The van der Waals surface area contributed by atoms with Crippen molar-refractivity contribution in [3.8, 4) is 0 Å². The Morgan fingerprint density at radius 1 is 1.12 bits per heavy atom. The maximum absolute atomic E-state index is 5.93. The summed E-state index contributed by atoms with van der Waals surface area (Å²) in [6.45, 7) is 1.78. The van der Waals surface area contributed by atoms with E-state index >= 15 is 0 Å². The number of fused-ring (bicyclic) bond motifs is 1. The van der Waals surface area contributed by atoms with Crippen LogP contribution in [0.4, 0.5) is 0 Å². The molecule has 0 N–H and O–H groups in total. The molecular weight excluding hydrogens is 196 g/mol. The molecule has 86 valence electrons. The zero-order valence-corrected chi connectivity index (χ0v) is 9.82.